The normalized spacial score (nSPS) is 12.9. The Balaban J connectivity index is 1.63. The Morgan fingerprint density at radius 1 is 1.23 bits per heavy atom. The third-order valence-corrected chi connectivity index (χ3v) is 4.35. The quantitative estimate of drug-likeness (QED) is 0.633. The van der Waals surface area contributed by atoms with Gasteiger partial charge in [-0.25, -0.2) is 4.79 Å². The summed E-state index contributed by atoms with van der Waals surface area (Å²) in [6, 6.07) is 10.6. The second-order valence-corrected chi connectivity index (χ2v) is 6.31. The molecule has 0 amide bonds. The van der Waals surface area contributed by atoms with Gasteiger partial charge in [-0.3, -0.25) is 4.79 Å². The zero-order valence-electron chi connectivity index (χ0n) is 11.4. The number of benzene rings is 1. The van der Waals surface area contributed by atoms with Gasteiger partial charge in [-0.05, 0) is 24.3 Å². The van der Waals surface area contributed by atoms with Gasteiger partial charge >= 0.3 is 5.97 Å². The number of fused-ring (bicyclic) bond motifs is 1. The first kappa shape index (κ1) is 14.8. The van der Waals surface area contributed by atoms with Crippen molar-refractivity contribution in [1.29, 1.82) is 0 Å². The molecular weight excluding hydrogens is 324 g/mol. The van der Waals surface area contributed by atoms with Gasteiger partial charge in [0.05, 0.1) is 14.8 Å². The van der Waals surface area contributed by atoms with E-state index in [2.05, 4.69) is 0 Å². The van der Waals surface area contributed by atoms with Crippen molar-refractivity contribution in [3.8, 4) is 5.75 Å². The highest BCUT2D eigenvalue weighted by Crippen LogP contribution is 2.26. The van der Waals surface area contributed by atoms with Crippen molar-refractivity contribution in [2.75, 3.05) is 13.2 Å². The number of esters is 1. The van der Waals surface area contributed by atoms with Crippen LogP contribution in [-0.4, -0.2) is 25.0 Å². The number of halogens is 1. The van der Waals surface area contributed by atoms with E-state index in [4.69, 9.17) is 21.1 Å². The van der Waals surface area contributed by atoms with E-state index >= 15 is 0 Å². The molecule has 3 rings (SSSR count). The van der Waals surface area contributed by atoms with E-state index in [1.54, 1.807) is 18.2 Å². The highest BCUT2D eigenvalue weighted by Gasteiger charge is 2.19. The van der Waals surface area contributed by atoms with Crippen LogP contribution in [0.4, 0.5) is 0 Å². The molecule has 1 aromatic carbocycles. The highest BCUT2D eigenvalue weighted by molar-refractivity contribution is 7.18. The first-order valence-electron chi connectivity index (χ1n) is 6.51. The first-order valence-corrected chi connectivity index (χ1v) is 7.71. The molecule has 0 N–H and O–H groups in total. The van der Waals surface area contributed by atoms with E-state index in [1.165, 1.54) is 0 Å². The van der Waals surface area contributed by atoms with Gasteiger partial charge in [0.15, 0.2) is 6.61 Å². The van der Waals surface area contributed by atoms with Gasteiger partial charge in [-0.1, -0.05) is 29.8 Å². The fraction of sp³-hybridized carbons (Fsp3) is 0.125. The molecule has 0 saturated heterocycles. The smallest absolute Gasteiger partial charge is 0.337 e. The Morgan fingerprint density at radius 3 is 2.82 bits per heavy atom. The first-order chi connectivity index (χ1) is 10.6. The van der Waals surface area contributed by atoms with E-state index in [0.29, 0.717) is 14.8 Å². The molecule has 0 fully saturated rings. The Bertz CT molecular complexity index is 763. The monoisotopic (exact) mass is 334 g/mol. The van der Waals surface area contributed by atoms with Crippen LogP contribution in [0, 0.1) is 0 Å². The maximum Gasteiger partial charge on any atom is 0.337 e. The van der Waals surface area contributed by atoms with Crippen LogP contribution < -0.4 is 4.74 Å². The Kier molecular flexibility index (Phi) is 4.27. The number of ketones is 1. The molecule has 0 spiro atoms. The molecule has 6 heteroatoms. The Morgan fingerprint density at radius 2 is 2.05 bits per heavy atom. The van der Waals surface area contributed by atoms with Crippen molar-refractivity contribution in [2.45, 2.75) is 0 Å². The zero-order chi connectivity index (χ0) is 15.5. The minimum Gasteiger partial charge on any atom is -0.488 e. The summed E-state index contributed by atoms with van der Waals surface area (Å²) in [4.78, 5) is 24.3. The van der Waals surface area contributed by atoms with E-state index in [0.717, 1.165) is 22.6 Å². The van der Waals surface area contributed by atoms with Crippen LogP contribution in [0.1, 0.15) is 15.2 Å². The fourth-order valence-electron chi connectivity index (χ4n) is 1.99. The van der Waals surface area contributed by atoms with Gasteiger partial charge in [0.1, 0.15) is 12.4 Å². The topological polar surface area (TPSA) is 52.6 Å². The number of para-hydroxylation sites is 1. The Hall–Kier alpha value is -2.11. The van der Waals surface area contributed by atoms with Crippen LogP contribution in [0.15, 0.2) is 42.0 Å². The summed E-state index contributed by atoms with van der Waals surface area (Å²) in [5, 5.41) is 0. The van der Waals surface area contributed by atoms with E-state index in [-0.39, 0.29) is 19.0 Å². The molecule has 0 aliphatic carbocycles. The molecule has 22 heavy (non-hydrogen) atoms. The third kappa shape index (κ3) is 3.21. The molecule has 0 saturated carbocycles. The fourth-order valence-corrected chi connectivity index (χ4v) is 2.96. The molecule has 2 heterocycles. The summed E-state index contributed by atoms with van der Waals surface area (Å²) in [6.45, 7) is -0.177. The minimum absolute atomic E-state index is 0.134. The van der Waals surface area contributed by atoms with E-state index in [9.17, 15) is 9.59 Å². The molecular formula is C16H11ClO4S. The predicted molar refractivity (Wildman–Crippen MR) is 84.5 cm³/mol. The molecule has 0 atom stereocenters. The van der Waals surface area contributed by atoms with Crippen molar-refractivity contribution in [3.05, 3.63) is 56.7 Å². The molecule has 2 aromatic rings. The van der Waals surface area contributed by atoms with E-state index in [1.807, 2.05) is 24.3 Å². The summed E-state index contributed by atoms with van der Waals surface area (Å²) in [6.07, 6.45) is 1.72. The summed E-state index contributed by atoms with van der Waals surface area (Å²) in [5.74, 6) is -0.100. The molecule has 1 aliphatic rings. The van der Waals surface area contributed by atoms with Crippen LogP contribution in [0.2, 0.25) is 4.34 Å². The van der Waals surface area contributed by atoms with Crippen molar-refractivity contribution >= 4 is 40.8 Å². The van der Waals surface area contributed by atoms with Crippen LogP contribution in [-0.2, 0) is 9.53 Å². The maximum absolute atomic E-state index is 12.0. The van der Waals surface area contributed by atoms with Gasteiger partial charge < -0.3 is 9.47 Å². The molecule has 112 valence electrons. The van der Waals surface area contributed by atoms with Gasteiger partial charge in [-0.15, -0.1) is 11.3 Å². The average Bonchev–Trinajstić information content (AvgIpc) is 2.98. The third-order valence-electron chi connectivity index (χ3n) is 3.08. The lowest BCUT2D eigenvalue weighted by atomic mass is 10.1. The summed E-state index contributed by atoms with van der Waals surface area (Å²) >= 11 is 6.93. The number of Topliss-reactive ketones (excluding diaryl/α,β-unsaturated/α-hetero) is 1. The zero-order valence-corrected chi connectivity index (χ0v) is 12.9. The number of thiophene rings is 1. The predicted octanol–water partition coefficient (Wildman–Crippen LogP) is 3.60. The molecule has 0 unspecified atom stereocenters. The lowest BCUT2D eigenvalue weighted by Crippen LogP contribution is -2.20. The van der Waals surface area contributed by atoms with Gasteiger partial charge in [0.2, 0.25) is 5.78 Å². The van der Waals surface area contributed by atoms with E-state index < -0.39 is 5.97 Å². The molecule has 0 radical (unpaired) electrons. The summed E-state index contributed by atoms with van der Waals surface area (Å²) < 4.78 is 11.1. The standard InChI is InChI=1S/C16H11ClO4S/c17-15-6-5-14(22-15)12(18)9-21-16(19)11-7-10-3-1-2-4-13(10)20-8-11/h1-7H,8-9H2. The van der Waals surface area contributed by atoms with Crippen LogP contribution in [0.25, 0.3) is 6.08 Å². The van der Waals surface area contributed by atoms with Crippen molar-refractivity contribution < 1.29 is 19.1 Å². The van der Waals surface area contributed by atoms with Gasteiger partial charge in [0.25, 0.3) is 0 Å². The van der Waals surface area contributed by atoms with Crippen molar-refractivity contribution in [1.82, 2.24) is 0 Å². The second kappa shape index (κ2) is 6.34. The Labute approximate surface area is 135 Å². The van der Waals surface area contributed by atoms with Crippen LogP contribution >= 0.6 is 22.9 Å². The number of carbonyl (C=O) groups excluding carboxylic acids is 2. The average molecular weight is 335 g/mol. The summed E-state index contributed by atoms with van der Waals surface area (Å²) in [7, 11) is 0. The SMILES string of the molecule is O=C(OCC(=O)c1ccc(Cl)s1)C1=Cc2ccccc2OC1. The molecule has 0 bridgehead atoms. The number of hydrogen-bond acceptors (Lipinski definition) is 5. The van der Waals surface area contributed by atoms with Crippen LogP contribution in [0.3, 0.4) is 0 Å². The number of hydrogen-bond donors (Lipinski definition) is 0. The van der Waals surface area contributed by atoms with Gasteiger partial charge in [0, 0.05) is 5.56 Å². The van der Waals surface area contributed by atoms with Crippen LogP contribution in [0.5, 0.6) is 5.75 Å². The molecule has 1 aliphatic heterocycles. The largest absolute Gasteiger partial charge is 0.488 e. The molecule has 4 nitrogen and oxygen atoms in total. The lowest BCUT2D eigenvalue weighted by molar-refractivity contribution is -0.138. The minimum atomic E-state index is -0.550. The lowest BCUT2D eigenvalue weighted by Gasteiger charge is -2.16. The number of ether oxygens (including phenoxy) is 2. The second-order valence-electron chi connectivity index (χ2n) is 4.60. The summed E-state index contributed by atoms with van der Waals surface area (Å²) in [5.41, 5.74) is 1.20. The van der Waals surface area contributed by atoms with Gasteiger partial charge in [-0.2, -0.15) is 0 Å². The van der Waals surface area contributed by atoms with Crippen molar-refractivity contribution in [3.63, 3.8) is 0 Å². The number of carbonyl (C=O) groups is 2. The maximum atomic E-state index is 12.0. The van der Waals surface area contributed by atoms with Crippen molar-refractivity contribution in [2.24, 2.45) is 0 Å². The number of rotatable bonds is 4. The highest BCUT2D eigenvalue weighted by atomic mass is 35.5. The molecule has 1 aromatic heterocycles.